The largest absolute Gasteiger partial charge is 0.394 e. The molecule has 0 aliphatic rings. The summed E-state index contributed by atoms with van der Waals surface area (Å²) in [6.45, 7) is 1.85. The van der Waals surface area contributed by atoms with Crippen LogP contribution < -0.4 is 10.6 Å². The van der Waals surface area contributed by atoms with Gasteiger partial charge in [0.15, 0.2) is 0 Å². The second kappa shape index (κ2) is 13.1. The minimum absolute atomic E-state index is 0.0614. The molecule has 0 aliphatic heterocycles. The number of carbonyl (C=O) groups is 1. The Kier molecular flexibility index (Phi) is 9.95. The molecule has 0 heterocycles. The first-order valence-electron chi connectivity index (χ1n) is 11.3. The van der Waals surface area contributed by atoms with Crippen LogP contribution in [0.4, 0.5) is 5.69 Å². The molecule has 0 aromatic heterocycles. The zero-order valence-electron chi connectivity index (χ0n) is 19.5. The summed E-state index contributed by atoms with van der Waals surface area (Å²) in [5.41, 5.74) is 3.90. The van der Waals surface area contributed by atoms with Crippen molar-refractivity contribution in [2.45, 2.75) is 12.5 Å². The molecule has 0 radical (unpaired) electrons. The number of aliphatic hydroxyl groups excluding tert-OH is 1. The van der Waals surface area contributed by atoms with Gasteiger partial charge in [0.2, 0.25) is 0 Å². The number of nitrogens with one attached hydrogen (secondary N) is 2. The summed E-state index contributed by atoms with van der Waals surface area (Å²) in [6, 6.07) is 22.1. The zero-order valence-corrected chi connectivity index (χ0v) is 21.0. The van der Waals surface area contributed by atoms with Gasteiger partial charge in [-0.3, -0.25) is 9.69 Å². The van der Waals surface area contributed by atoms with Crippen molar-refractivity contribution in [3.05, 3.63) is 99.0 Å². The molecule has 0 aliphatic carbocycles. The minimum Gasteiger partial charge on any atom is -0.394 e. The van der Waals surface area contributed by atoms with Gasteiger partial charge >= 0.3 is 0 Å². The van der Waals surface area contributed by atoms with Gasteiger partial charge in [0.1, 0.15) is 0 Å². The Morgan fingerprint density at radius 2 is 1.77 bits per heavy atom. The third kappa shape index (κ3) is 7.45. The summed E-state index contributed by atoms with van der Waals surface area (Å²) in [5, 5.41) is 26.5. The Hall–Kier alpha value is -3.08. The fourth-order valence-electron chi connectivity index (χ4n) is 3.84. The van der Waals surface area contributed by atoms with E-state index < -0.39 is 0 Å². The fourth-order valence-corrected chi connectivity index (χ4v) is 4.21. The first kappa shape index (κ1) is 26.5. The van der Waals surface area contributed by atoms with Crippen LogP contribution in [0.25, 0.3) is 0 Å². The summed E-state index contributed by atoms with van der Waals surface area (Å²) in [7, 11) is 1.58. The van der Waals surface area contributed by atoms with Crippen molar-refractivity contribution in [1.82, 2.24) is 10.2 Å². The highest BCUT2D eigenvalue weighted by atomic mass is 35.5. The molecule has 0 fully saturated rings. The van der Waals surface area contributed by atoms with Crippen LogP contribution >= 0.6 is 23.2 Å². The van der Waals surface area contributed by atoms with E-state index in [2.05, 4.69) is 21.6 Å². The van der Waals surface area contributed by atoms with Crippen molar-refractivity contribution >= 4 is 34.8 Å². The molecule has 3 aromatic carbocycles. The van der Waals surface area contributed by atoms with Crippen molar-refractivity contribution in [1.29, 1.82) is 5.26 Å². The van der Waals surface area contributed by atoms with Gasteiger partial charge in [-0.25, -0.2) is 0 Å². The van der Waals surface area contributed by atoms with E-state index in [1.165, 1.54) is 0 Å². The van der Waals surface area contributed by atoms with Crippen molar-refractivity contribution in [2.75, 3.05) is 38.6 Å². The van der Waals surface area contributed by atoms with Gasteiger partial charge in [-0.2, -0.15) is 5.26 Å². The SMILES string of the molecule is CNC(=O)c1ccc(NCCN(CCc2ccc(Cl)cc2)[C@H](CO)c2ccc(C#N)cc2)c(Cl)c1. The molecule has 0 bridgehead atoms. The molecule has 0 unspecified atom stereocenters. The maximum Gasteiger partial charge on any atom is 0.251 e. The average Bonchev–Trinajstić information content (AvgIpc) is 2.89. The summed E-state index contributed by atoms with van der Waals surface area (Å²) in [6.07, 6.45) is 0.783. The lowest BCUT2D eigenvalue weighted by Crippen LogP contribution is -2.36. The molecule has 3 aromatic rings. The van der Waals surface area contributed by atoms with E-state index in [1.807, 2.05) is 36.4 Å². The Morgan fingerprint density at radius 3 is 2.37 bits per heavy atom. The first-order chi connectivity index (χ1) is 16.9. The Bertz CT molecular complexity index is 1160. The topological polar surface area (TPSA) is 88.4 Å². The average molecular weight is 511 g/mol. The van der Waals surface area contributed by atoms with Gasteiger partial charge in [-0.1, -0.05) is 47.5 Å². The predicted molar refractivity (Wildman–Crippen MR) is 141 cm³/mol. The Morgan fingerprint density at radius 1 is 1.06 bits per heavy atom. The van der Waals surface area contributed by atoms with Gasteiger partial charge in [-0.05, 0) is 60.0 Å². The van der Waals surface area contributed by atoms with Crippen LogP contribution in [0.5, 0.6) is 0 Å². The number of hydrogen-bond donors (Lipinski definition) is 3. The van der Waals surface area contributed by atoms with Crippen LogP contribution in [-0.4, -0.2) is 49.2 Å². The van der Waals surface area contributed by atoms with Gasteiger partial charge in [0, 0.05) is 37.3 Å². The lowest BCUT2D eigenvalue weighted by Gasteiger charge is -2.31. The third-order valence-corrected chi connectivity index (χ3v) is 6.38. The van der Waals surface area contributed by atoms with Gasteiger partial charge in [0.05, 0.1) is 35.0 Å². The molecule has 0 saturated heterocycles. The van der Waals surface area contributed by atoms with Crippen molar-refractivity contribution in [2.24, 2.45) is 0 Å². The summed E-state index contributed by atoms with van der Waals surface area (Å²) in [5.74, 6) is -0.194. The van der Waals surface area contributed by atoms with Crippen LogP contribution in [0, 0.1) is 11.3 Å². The third-order valence-electron chi connectivity index (χ3n) is 5.81. The molecule has 182 valence electrons. The van der Waals surface area contributed by atoms with E-state index in [4.69, 9.17) is 28.5 Å². The van der Waals surface area contributed by atoms with E-state index in [-0.39, 0.29) is 18.6 Å². The Balaban J connectivity index is 1.73. The van der Waals surface area contributed by atoms with E-state index >= 15 is 0 Å². The smallest absolute Gasteiger partial charge is 0.251 e. The van der Waals surface area contributed by atoms with E-state index in [0.29, 0.717) is 40.8 Å². The van der Waals surface area contributed by atoms with Crippen molar-refractivity contribution in [3.8, 4) is 6.07 Å². The number of hydrogen-bond acceptors (Lipinski definition) is 5. The molecule has 0 saturated carbocycles. The van der Waals surface area contributed by atoms with Gasteiger partial charge < -0.3 is 15.7 Å². The monoisotopic (exact) mass is 510 g/mol. The molecule has 1 atom stereocenters. The number of amides is 1. The highest BCUT2D eigenvalue weighted by Crippen LogP contribution is 2.24. The standard InChI is InChI=1S/C27H28Cl2N4O2/c1-31-27(35)22-8-11-25(24(29)16-22)32-13-15-33(14-12-19-4-9-23(28)10-5-19)26(18-34)21-6-2-20(17-30)3-7-21/h2-11,16,26,32,34H,12-15,18H2,1H3,(H,31,35)/t26-/m1/s1. The lowest BCUT2D eigenvalue weighted by atomic mass is 10.0. The number of carbonyl (C=O) groups excluding carboxylic acids is 1. The molecule has 3 N–H and O–H groups in total. The second-order valence-corrected chi connectivity index (χ2v) is 8.89. The van der Waals surface area contributed by atoms with Crippen molar-refractivity contribution < 1.29 is 9.90 Å². The molecule has 6 nitrogen and oxygen atoms in total. The molecular weight excluding hydrogens is 483 g/mol. The fraction of sp³-hybridized carbons (Fsp3) is 0.259. The summed E-state index contributed by atoms with van der Waals surface area (Å²) < 4.78 is 0. The van der Waals surface area contributed by atoms with Crippen LogP contribution in [0.2, 0.25) is 10.0 Å². The molecular formula is C27H28Cl2N4O2. The van der Waals surface area contributed by atoms with E-state index in [1.54, 1.807) is 37.4 Å². The number of halogens is 2. The van der Waals surface area contributed by atoms with Crippen molar-refractivity contribution in [3.63, 3.8) is 0 Å². The van der Waals surface area contributed by atoms with Crippen LogP contribution in [0.3, 0.4) is 0 Å². The van der Waals surface area contributed by atoms with Crippen LogP contribution in [0.15, 0.2) is 66.7 Å². The highest BCUT2D eigenvalue weighted by Gasteiger charge is 2.20. The summed E-state index contributed by atoms with van der Waals surface area (Å²) >= 11 is 12.4. The van der Waals surface area contributed by atoms with Crippen LogP contribution in [-0.2, 0) is 6.42 Å². The lowest BCUT2D eigenvalue weighted by molar-refractivity contribution is 0.0963. The molecule has 8 heteroatoms. The van der Waals surface area contributed by atoms with Crippen LogP contribution in [0.1, 0.15) is 33.1 Å². The minimum atomic E-state index is -0.233. The molecule has 35 heavy (non-hydrogen) atoms. The Labute approximate surface area is 216 Å². The molecule has 1 amide bonds. The normalized spacial score (nSPS) is 11.7. The number of nitrogens with zero attached hydrogens (tertiary/aromatic N) is 2. The maximum atomic E-state index is 11.8. The first-order valence-corrected chi connectivity index (χ1v) is 12.1. The number of nitriles is 1. The molecule has 3 rings (SSSR count). The second-order valence-electron chi connectivity index (χ2n) is 8.05. The van der Waals surface area contributed by atoms with E-state index in [9.17, 15) is 9.90 Å². The quantitative estimate of drug-likeness (QED) is 0.340. The number of aliphatic hydroxyl groups is 1. The number of benzene rings is 3. The van der Waals surface area contributed by atoms with Gasteiger partial charge in [0.25, 0.3) is 5.91 Å². The molecule has 0 spiro atoms. The maximum absolute atomic E-state index is 11.8. The highest BCUT2D eigenvalue weighted by molar-refractivity contribution is 6.33. The number of anilines is 1. The predicted octanol–water partition coefficient (Wildman–Crippen LogP) is 4.91. The van der Waals surface area contributed by atoms with E-state index in [0.717, 1.165) is 23.2 Å². The van der Waals surface area contributed by atoms with Gasteiger partial charge in [-0.15, -0.1) is 0 Å². The zero-order chi connectivity index (χ0) is 25.2. The summed E-state index contributed by atoms with van der Waals surface area (Å²) in [4.78, 5) is 14.0. The number of rotatable bonds is 11.